The molecule has 0 atom stereocenters. The number of hydrogen-bond donors (Lipinski definition) is 0. The number of benzene rings is 3. The first-order chi connectivity index (χ1) is 18.8. The van der Waals surface area contributed by atoms with Crippen LogP contribution in [-0.4, -0.2) is 4.98 Å². The normalized spacial score (nSPS) is 16.7. The lowest BCUT2D eigenvalue weighted by atomic mass is 9.73. The Balaban J connectivity index is 1.58. The Labute approximate surface area is 244 Å². The number of rotatable bonds is 2. The predicted octanol–water partition coefficient (Wildman–Crippen LogP) is 11.4. The van der Waals surface area contributed by atoms with E-state index in [2.05, 4.69) is 117 Å². The number of aryl methyl sites for hydroxylation is 2. The summed E-state index contributed by atoms with van der Waals surface area (Å²) in [6.07, 6.45) is 5.77. The number of hydrogen-bond acceptors (Lipinski definition) is 2. The molecule has 6 rings (SSSR count). The molecule has 0 amide bonds. The van der Waals surface area contributed by atoms with Crippen LogP contribution in [0.15, 0.2) is 60.8 Å². The molecule has 0 spiro atoms. The summed E-state index contributed by atoms with van der Waals surface area (Å²) >= 11 is 1.92. The Morgan fingerprint density at radius 3 is 2.17 bits per heavy atom. The molecule has 0 radical (unpaired) electrons. The molecule has 1 aliphatic rings. The van der Waals surface area contributed by atoms with Crippen LogP contribution in [0.5, 0.6) is 0 Å². The van der Waals surface area contributed by atoms with Gasteiger partial charge in [0.05, 0.1) is 10.4 Å². The third-order valence-corrected chi connectivity index (χ3v) is 10.8. The highest BCUT2D eigenvalue weighted by Crippen LogP contribution is 2.49. The van der Waals surface area contributed by atoms with Crippen molar-refractivity contribution < 1.29 is 0 Å². The zero-order valence-corrected chi connectivity index (χ0v) is 26.6. The average molecular weight is 546 g/mol. The van der Waals surface area contributed by atoms with Crippen LogP contribution in [-0.2, 0) is 16.2 Å². The van der Waals surface area contributed by atoms with Crippen molar-refractivity contribution in [3.8, 4) is 21.7 Å². The summed E-state index contributed by atoms with van der Waals surface area (Å²) in [7, 11) is 0. The van der Waals surface area contributed by atoms with E-state index in [4.69, 9.17) is 4.98 Å². The summed E-state index contributed by atoms with van der Waals surface area (Å²) in [4.78, 5) is 6.40. The summed E-state index contributed by atoms with van der Waals surface area (Å²) in [5, 5.41) is 3.94. The molecule has 1 aliphatic carbocycles. The Morgan fingerprint density at radius 2 is 1.48 bits per heavy atom. The van der Waals surface area contributed by atoms with Gasteiger partial charge in [-0.2, -0.15) is 0 Å². The van der Waals surface area contributed by atoms with E-state index < -0.39 is 0 Å². The van der Waals surface area contributed by atoms with E-state index in [9.17, 15) is 0 Å². The van der Waals surface area contributed by atoms with Crippen LogP contribution < -0.4 is 0 Å². The number of nitrogens with zero attached hydrogens (tertiary/aromatic N) is 1. The van der Waals surface area contributed by atoms with Crippen molar-refractivity contribution in [3.63, 3.8) is 0 Å². The molecule has 0 aliphatic heterocycles. The molecule has 0 saturated carbocycles. The van der Waals surface area contributed by atoms with Crippen LogP contribution >= 0.6 is 11.3 Å². The SMILES string of the molecule is Cc1cc2c(cc1-c1sc3c(-c4cc(C(C)(C)C)c5ccccc5c4)nccc3c1C)C(C)(C)CCCC2(C)C. The maximum Gasteiger partial charge on any atom is 0.0880 e. The second-order valence-electron chi connectivity index (χ2n) is 14.4. The zero-order valence-electron chi connectivity index (χ0n) is 25.8. The first-order valence-electron chi connectivity index (χ1n) is 14.9. The lowest BCUT2D eigenvalue weighted by Crippen LogP contribution is -2.22. The summed E-state index contributed by atoms with van der Waals surface area (Å²) in [6.45, 7) is 21.3. The van der Waals surface area contributed by atoms with Crippen molar-refractivity contribution in [1.29, 1.82) is 0 Å². The summed E-state index contributed by atoms with van der Waals surface area (Å²) in [5.74, 6) is 0. The van der Waals surface area contributed by atoms with Gasteiger partial charge in [-0.3, -0.25) is 4.98 Å². The molecule has 206 valence electrons. The summed E-state index contributed by atoms with van der Waals surface area (Å²) in [6, 6.07) is 20.8. The Kier molecular flexibility index (Phi) is 6.31. The van der Waals surface area contributed by atoms with Crippen LogP contribution in [0.2, 0.25) is 0 Å². The monoisotopic (exact) mass is 545 g/mol. The van der Waals surface area contributed by atoms with Crippen molar-refractivity contribution in [2.45, 2.75) is 97.8 Å². The molecule has 40 heavy (non-hydrogen) atoms. The number of aromatic nitrogens is 1. The van der Waals surface area contributed by atoms with Crippen LogP contribution in [0, 0.1) is 13.8 Å². The van der Waals surface area contributed by atoms with E-state index in [0.29, 0.717) is 0 Å². The van der Waals surface area contributed by atoms with Gasteiger partial charge in [0.15, 0.2) is 0 Å². The van der Waals surface area contributed by atoms with Crippen molar-refractivity contribution in [3.05, 3.63) is 88.6 Å². The van der Waals surface area contributed by atoms with Gasteiger partial charge < -0.3 is 0 Å². The molecule has 3 aromatic carbocycles. The smallest absolute Gasteiger partial charge is 0.0880 e. The topological polar surface area (TPSA) is 12.9 Å². The Hall–Kier alpha value is -2.97. The van der Waals surface area contributed by atoms with E-state index in [-0.39, 0.29) is 16.2 Å². The van der Waals surface area contributed by atoms with Gasteiger partial charge in [-0.15, -0.1) is 11.3 Å². The quantitative estimate of drug-likeness (QED) is 0.201. The van der Waals surface area contributed by atoms with E-state index >= 15 is 0 Å². The molecule has 0 N–H and O–H groups in total. The second-order valence-corrected chi connectivity index (χ2v) is 15.4. The first-order valence-corrected chi connectivity index (χ1v) is 15.7. The van der Waals surface area contributed by atoms with Crippen LogP contribution in [0.1, 0.15) is 95.5 Å². The minimum absolute atomic E-state index is 0.0412. The minimum atomic E-state index is 0.0412. The minimum Gasteiger partial charge on any atom is -0.255 e. The molecular weight excluding hydrogens is 502 g/mol. The standard InChI is InChI=1S/C38H43NS/c1-23-19-31-32(38(8,9)17-12-16-37(31,6)7)22-29(23)34-24(2)27-15-18-39-33(35(27)40-34)26-20-25-13-10-11-14-28(25)30(21-26)36(3,4)5/h10-11,13-15,18-22H,12,16-17H2,1-9H3. The van der Waals surface area contributed by atoms with Gasteiger partial charge in [0, 0.05) is 16.6 Å². The zero-order chi connectivity index (χ0) is 28.6. The summed E-state index contributed by atoms with van der Waals surface area (Å²) in [5.41, 5.74) is 11.3. The Bertz CT molecular complexity index is 1770. The molecule has 0 fully saturated rings. The lowest BCUT2D eigenvalue weighted by Gasteiger charge is -2.31. The highest BCUT2D eigenvalue weighted by atomic mass is 32.1. The third kappa shape index (κ3) is 4.40. The van der Waals surface area contributed by atoms with E-state index in [1.165, 1.54) is 78.4 Å². The fourth-order valence-corrected chi connectivity index (χ4v) is 8.39. The first kappa shape index (κ1) is 27.2. The summed E-state index contributed by atoms with van der Waals surface area (Å²) < 4.78 is 1.29. The molecule has 2 heteroatoms. The molecule has 5 aromatic rings. The van der Waals surface area contributed by atoms with E-state index in [1.54, 1.807) is 5.56 Å². The maximum absolute atomic E-state index is 5.01. The molecule has 2 aromatic heterocycles. The average Bonchev–Trinajstić information content (AvgIpc) is 3.19. The van der Waals surface area contributed by atoms with Gasteiger partial charge in [-0.25, -0.2) is 0 Å². The van der Waals surface area contributed by atoms with Gasteiger partial charge >= 0.3 is 0 Å². The number of thiophene rings is 1. The molecule has 1 nitrogen and oxygen atoms in total. The molecule has 0 saturated heterocycles. The van der Waals surface area contributed by atoms with Crippen molar-refractivity contribution in [2.24, 2.45) is 0 Å². The predicted molar refractivity (Wildman–Crippen MR) is 176 cm³/mol. The fraction of sp³-hybridized carbons (Fsp3) is 0.395. The van der Waals surface area contributed by atoms with Gasteiger partial charge in [-0.1, -0.05) is 85.2 Å². The van der Waals surface area contributed by atoms with Gasteiger partial charge in [-0.05, 0) is 117 Å². The lowest BCUT2D eigenvalue weighted by molar-refractivity contribution is 0.433. The highest BCUT2D eigenvalue weighted by Gasteiger charge is 2.35. The van der Waals surface area contributed by atoms with E-state index in [1.807, 2.05) is 17.5 Å². The second kappa shape index (κ2) is 9.28. The maximum atomic E-state index is 5.01. The van der Waals surface area contributed by atoms with Gasteiger partial charge in [0.25, 0.3) is 0 Å². The van der Waals surface area contributed by atoms with Crippen molar-refractivity contribution >= 4 is 32.2 Å². The van der Waals surface area contributed by atoms with Crippen molar-refractivity contribution in [1.82, 2.24) is 4.98 Å². The van der Waals surface area contributed by atoms with Crippen LogP contribution in [0.25, 0.3) is 42.6 Å². The van der Waals surface area contributed by atoms with E-state index in [0.717, 1.165) is 5.69 Å². The van der Waals surface area contributed by atoms with Crippen LogP contribution in [0.3, 0.4) is 0 Å². The number of pyridine rings is 1. The fourth-order valence-electron chi connectivity index (χ4n) is 6.99. The molecule has 0 unspecified atom stereocenters. The largest absolute Gasteiger partial charge is 0.255 e. The molecular formula is C38H43NS. The molecule has 0 bridgehead atoms. The van der Waals surface area contributed by atoms with Gasteiger partial charge in [0.2, 0.25) is 0 Å². The van der Waals surface area contributed by atoms with Gasteiger partial charge in [0.1, 0.15) is 0 Å². The number of fused-ring (bicyclic) bond motifs is 3. The van der Waals surface area contributed by atoms with Crippen molar-refractivity contribution in [2.75, 3.05) is 0 Å². The third-order valence-electron chi connectivity index (χ3n) is 9.47. The van der Waals surface area contributed by atoms with Crippen LogP contribution in [0.4, 0.5) is 0 Å². The molecule has 2 heterocycles. The Morgan fingerprint density at radius 1 is 0.800 bits per heavy atom. The highest BCUT2D eigenvalue weighted by molar-refractivity contribution is 7.23.